The van der Waals surface area contributed by atoms with Gasteiger partial charge >= 0.3 is 0 Å². The number of benzene rings is 1. The van der Waals surface area contributed by atoms with Crippen molar-refractivity contribution in [3.63, 3.8) is 0 Å². The molecule has 6 rings (SSSR count). The fourth-order valence-electron chi connectivity index (χ4n) is 5.08. The van der Waals surface area contributed by atoms with E-state index in [2.05, 4.69) is 15.5 Å². The SMILES string of the molecule is O=C1CCC(N2C(=O)c3ccc(CN4CC5CCC4CNC5)cc3C2=O)C(=O)N1. The van der Waals surface area contributed by atoms with E-state index in [0.29, 0.717) is 23.1 Å². The van der Waals surface area contributed by atoms with Crippen LogP contribution in [0.4, 0.5) is 0 Å². The summed E-state index contributed by atoms with van der Waals surface area (Å²) in [4.78, 5) is 52.8. The van der Waals surface area contributed by atoms with Crippen LogP contribution >= 0.6 is 0 Å². The number of piperidine rings is 2. The molecule has 5 aliphatic heterocycles. The first-order chi connectivity index (χ1) is 14.0. The topological polar surface area (TPSA) is 98.8 Å². The van der Waals surface area contributed by atoms with Crippen LogP contribution in [0.25, 0.3) is 0 Å². The van der Waals surface area contributed by atoms with E-state index in [9.17, 15) is 19.2 Å². The number of imide groups is 2. The van der Waals surface area contributed by atoms with E-state index >= 15 is 0 Å². The highest BCUT2D eigenvalue weighted by Gasteiger charge is 2.44. The van der Waals surface area contributed by atoms with Crippen molar-refractivity contribution >= 4 is 23.6 Å². The third kappa shape index (κ3) is 3.16. The molecule has 8 heteroatoms. The van der Waals surface area contributed by atoms with Crippen molar-refractivity contribution in [3.05, 3.63) is 34.9 Å². The van der Waals surface area contributed by atoms with E-state index in [1.54, 1.807) is 12.1 Å². The predicted octanol–water partition coefficient (Wildman–Crippen LogP) is 0.272. The number of carbonyl (C=O) groups excluding carboxylic acids is 4. The number of hydrogen-bond acceptors (Lipinski definition) is 6. The summed E-state index contributed by atoms with van der Waals surface area (Å²) < 4.78 is 0. The highest BCUT2D eigenvalue weighted by Crippen LogP contribution is 2.30. The monoisotopic (exact) mass is 396 g/mol. The lowest BCUT2D eigenvalue weighted by molar-refractivity contribution is -0.136. The largest absolute Gasteiger partial charge is 0.315 e. The summed E-state index contributed by atoms with van der Waals surface area (Å²) in [6.07, 6.45) is 2.74. The van der Waals surface area contributed by atoms with Gasteiger partial charge in [0.2, 0.25) is 11.8 Å². The van der Waals surface area contributed by atoms with Crippen molar-refractivity contribution in [2.75, 3.05) is 19.6 Å². The molecule has 0 aliphatic carbocycles. The molecule has 4 fully saturated rings. The standard InChI is InChI=1S/C21H24N4O4/c26-18-6-5-17(19(27)23-18)25-20(28)15-4-2-12(7-16(15)21(25)29)10-24-11-13-1-3-14(24)9-22-8-13/h2,4,7,13-14,17,22H,1,3,5-6,8-11H2,(H,23,26,27). The Morgan fingerprint density at radius 3 is 2.62 bits per heavy atom. The number of nitrogens with one attached hydrogen (secondary N) is 2. The van der Waals surface area contributed by atoms with Crippen LogP contribution < -0.4 is 10.6 Å². The Kier molecular flexibility index (Phi) is 4.48. The normalized spacial score (nSPS) is 29.8. The number of carbonyl (C=O) groups is 4. The van der Waals surface area contributed by atoms with E-state index in [1.165, 1.54) is 12.8 Å². The molecule has 0 saturated carbocycles. The number of fused-ring (bicyclic) bond motifs is 5. The zero-order chi connectivity index (χ0) is 20.1. The van der Waals surface area contributed by atoms with Crippen LogP contribution in [0, 0.1) is 5.92 Å². The zero-order valence-corrected chi connectivity index (χ0v) is 16.1. The van der Waals surface area contributed by atoms with Gasteiger partial charge in [-0.2, -0.15) is 0 Å². The van der Waals surface area contributed by atoms with Crippen LogP contribution in [0.1, 0.15) is 52.0 Å². The Bertz CT molecular complexity index is 910. The number of nitrogens with zero attached hydrogens (tertiary/aromatic N) is 2. The quantitative estimate of drug-likeness (QED) is 0.712. The van der Waals surface area contributed by atoms with Gasteiger partial charge in [0.15, 0.2) is 0 Å². The Morgan fingerprint density at radius 1 is 0.966 bits per heavy atom. The maximum atomic E-state index is 13.0. The molecule has 4 amide bonds. The molecular formula is C21H24N4O4. The lowest BCUT2D eigenvalue weighted by atomic mass is 9.94. The fourth-order valence-corrected chi connectivity index (χ4v) is 5.08. The molecule has 2 N–H and O–H groups in total. The second-order valence-electron chi connectivity index (χ2n) is 8.51. The maximum Gasteiger partial charge on any atom is 0.262 e. The highest BCUT2D eigenvalue weighted by atomic mass is 16.2. The van der Waals surface area contributed by atoms with Crippen molar-refractivity contribution in [3.8, 4) is 0 Å². The first-order valence-corrected chi connectivity index (χ1v) is 10.3. The van der Waals surface area contributed by atoms with Crippen LogP contribution in [-0.2, 0) is 16.1 Å². The number of rotatable bonds is 3. The van der Waals surface area contributed by atoms with Gasteiger partial charge in [0.05, 0.1) is 11.1 Å². The van der Waals surface area contributed by atoms with Gasteiger partial charge in [0.25, 0.3) is 11.8 Å². The van der Waals surface area contributed by atoms with Gasteiger partial charge < -0.3 is 5.32 Å². The molecule has 0 aromatic heterocycles. The van der Waals surface area contributed by atoms with Crippen molar-refractivity contribution < 1.29 is 19.2 Å². The molecule has 3 atom stereocenters. The molecule has 5 heterocycles. The van der Waals surface area contributed by atoms with Gasteiger partial charge in [-0.3, -0.25) is 34.3 Å². The summed E-state index contributed by atoms with van der Waals surface area (Å²) in [6, 6.07) is 4.98. The Morgan fingerprint density at radius 2 is 1.79 bits per heavy atom. The second kappa shape index (κ2) is 7.03. The zero-order valence-electron chi connectivity index (χ0n) is 16.1. The van der Waals surface area contributed by atoms with Gasteiger partial charge in [-0.05, 0) is 49.4 Å². The molecule has 0 radical (unpaired) electrons. The summed E-state index contributed by atoms with van der Waals surface area (Å²) in [5.41, 5.74) is 1.69. The van der Waals surface area contributed by atoms with Crippen molar-refractivity contribution in [2.24, 2.45) is 5.92 Å². The molecule has 2 bridgehead atoms. The van der Waals surface area contributed by atoms with Crippen molar-refractivity contribution in [2.45, 2.75) is 44.3 Å². The third-order valence-corrected chi connectivity index (χ3v) is 6.62. The summed E-state index contributed by atoms with van der Waals surface area (Å²) in [6.45, 7) is 3.84. The minimum atomic E-state index is -0.920. The smallest absolute Gasteiger partial charge is 0.262 e. The molecule has 152 valence electrons. The number of hydrogen-bond donors (Lipinski definition) is 2. The van der Waals surface area contributed by atoms with Crippen LogP contribution in [0.2, 0.25) is 0 Å². The number of amides is 4. The molecule has 0 spiro atoms. The molecule has 8 nitrogen and oxygen atoms in total. The molecule has 4 saturated heterocycles. The highest BCUT2D eigenvalue weighted by molar-refractivity contribution is 6.23. The summed E-state index contributed by atoms with van der Waals surface area (Å²) in [5.74, 6) is -1.19. The van der Waals surface area contributed by atoms with E-state index in [1.807, 2.05) is 6.07 Å². The van der Waals surface area contributed by atoms with Gasteiger partial charge in [0.1, 0.15) is 6.04 Å². The van der Waals surface area contributed by atoms with Gasteiger partial charge in [-0.25, -0.2) is 0 Å². The first kappa shape index (κ1) is 18.4. The van der Waals surface area contributed by atoms with Crippen LogP contribution in [0.5, 0.6) is 0 Å². The van der Waals surface area contributed by atoms with Crippen LogP contribution in [0.15, 0.2) is 18.2 Å². The van der Waals surface area contributed by atoms with Gasteiger partial charge in [-0.1, -0.05) is 6.07 Å². The average molecular weight is 396 g/mol. The van der Waals surface area contributed by atoms with Crippen LogP contribution in [-0.4, -0.2) is 65.1 Å². The summed E-state index contributed by atoms with van der Waals surface area (Å²) in [5, 5.41) is 5.74. The molecular weight excluding hydrogens is 372 g/mol. The fraction of sp³-hybridized carbons (Fsp3) is 0.524. The summed E-state index contributed by atoms with van der Waals surface area (Å²) in [7, 11) is 0. The molecule has 29 heavy (non-hydrogen) atoms. The second-order valence-corrected chi connectivity index (χ2v) is 8.51. The Labute approximate surface area is 168 Å². The van der Waals surface area contributed by atoms with E-state index in [4.69, 9.17) is 0 Å². The van der Waals surface area contributed by atoms with E-state index < -0.39 is 23.8 Å². The van der Waals surface area contributed by atoms with E-state index in [-0.39, 0.29) is 18.7 Å². The van der Waals surface area contributed by atoms with E-state index in [0.717, 1.165) is 36.6 Å². The predicted molar refractivity (Wildman–Crippen MR) is 103 cm³/mol. The summed E-state index contributed by atoms with van der Waals surface area (Å²) >= 11 is 0. The lowest BCUT2D eigenvalue weighted by Gasteiger charge is -2.36. The van der Waals surface area contributed by atoms with Crippen molar-refractivity contribution in [1.82, 2.24) is 20.4 Å². The van der Waals surface area contributed by atoms with Gasteiger partial charge in [-0.15, -0.1) is 0 Å². The molecule has 1 aromatic carbocycles. The first-order valence-electron chi connectivity index (χ1n) is 10.3. The Balaban J connectivity index is 1.37. The average Bonchev–Trinajstić information content (AvgIpc) is 2.91. The minimum absolute atomic E-state index is 0.126. The van der Waals surface area contributed by atoms with Crippen molar-refractivity contribution in [1.29, 1.82) is 0 Å². The third-order valence-electron chi connectivity index (χ3n) is 6.62. The van der Waals surface area contributed by atoms with Gasteiger partial charge in [0, 0.05) is 32.1 Å². The molecule has 3 unspecified atom stereocenters. The van der Waals surface area contributed by atoms with Crippen LogP contribution in [0.3, 0.4) is 0 Å². The Hall–Kier alpha value is -2.58. The maximum absolute atomic E-state index is 13.0. The molecule has 1 aromatic rings. The lowest BCUT2D eigenvalue weighted by Crippen LogP contribution is -2.54. The minimum Gasteiger partial charge on any atom is -0.315 e. The molecule has 5 aliphatic rings.